The van der Waals surface area contributed by atoms with Crippen molar-refractivity contribution >= 4 is 23.7 Å². The van der Waals surface area contributed by atoms with Gasteiger partial charge in [0.2, 0.25) is 12.2 Å². The number of benzene rings is 2. The Hall–Kier alpha value is -4.64. The molecule has 1 aliphatic rings. The van der Waals surface area contributed by atoms with Crippen LogP contribution in [0.4, 0.5) is 15.3 Å². The molecule has 2 heterocycles. The number of rotatable bonds is 7. The highest BCUT2D eigenvalue weighted by Crippen LogP contribution is 2.25. The molecular formula is C25H26N6O5. The van der Waals surface area contributed by atoms with Gasteiger partial charge in [-0.2, -0.15) is 0 Å². The molecule has 4 amide bonds. The first-order valence-corrected chi connectivity index (χ1v) is 11.0. The Balaban J connectivity index is 1.51. The van der Waals surface area contributed by atoms with Crippen LogP contribution in [0.3, 0.4) is 0 Å². The van der Waals surface area contributed by atoms with Gasteiger partial charge in [0, 0.05) is 18.8 Å². The van der Waals surface area contributed by atoms with Gasteiger partial charge in [-0.3, -0.25) is 4.90 Å². The van der Waals surface area contributed by atoms with E-state index in [1.807, 2.05) is 31.2 Å². The van der Waals surface area contributed by atoms with Crippen molar-refractivity contribution in [3.8, 4) is 11.6 Å². The van der Waals surface area contributed by atoms with Crippen LogP contribution in [0.1, 0.15) is 21.6 Å². The Morgan fingerprint density at radius 2 is 1.72 bits per heavy atom. The van der Waals surface area contributed by atoms with Crippen molar-refractivity contribution in [2.45, 2.75) is 19.8 Å². The van der Waals surface area contributed by atoms with Gasteiger partial charge < -0.3 is 14.8 Å². The molecule has 186 valence electrons. The molecule has 0 saturated carbocycles. The van der Waals surface area contributed by atoms with E-state index in [0.717, 1.165) is 21.0 Å². The maximum absolute atomic E-state index is 13.0. The second-order valence-corrected chi connectivity index (χ2v) is 8.14. The number of hydrogen-bond acceptors (Lipinski definition) is 8. The molecule has 11 heteroatoms. The second-order valence-electron chi connectivity index (χ2n) is 8.14. The van der Waals surface area contributed by atoms with Gasteiger partial charge in [-0.05, 0) is 42.8 Å². The van der Waals surface area contributed by atoms with Gasteiger partial charge >= 0.3 is 18.0 Å². The number of hydrazine groups is 1. The van der Waals surface area contributed by atoms with Crippen LogP contribution >= 0.6 is 0 Å². The Kier molecular flexibility index (Phi) is 7.02. The minimum absolute atomic E-state index is 0.126. The van der Waals surface area contributed by atoms with E-state index < -0.39 is 24.3 Å². The first-order valence-electron chi connectivity index (χ1n) is 11.0. The summed E-state index contributed by atoms with van der Waals surface area (Å²) in [5.41, 5.74) is 2.71. The lowest BCUT2D eigenvalue weighted by Gasteiger charge is -2.44. The quantitative estimate of drug-likeness (QED) is 0.292. The number of amides is 4. The number of ether oxygens (including phenoxy) is 2. The lowest BCUT2D eigenvalue weighted by molar-refractivity contribution is 0.0437. The summed E-state index contributed by atoms with van der Waals surface area (Å²) in [5, 5.41) is 4.12. The van der Waals surface area contributed by atoms with Crippen molar-refractivity contribution in [2.75, 3.05) is 19.5 Å². The smallest absolute Gasteiger partial charge is 0.356 e. The number of pyridine rings is 1. The fourth-order valence-electron chi connectivity index (χ4n) is 3.58. The van der Waals surface area contributed by atoms with Crippen molar-refractivity contribution in [3.05, 3.63) is 83.6 Å². The van der Waals surface area contributed by atoms with Gasteiger partial charge in [-0.15, -0.1) is 0 Å². The summed E-state index contributed by atoms with van der Waals surface area (Å²) >= 11 is 0. The zero-order valence-corrected chi connectivity index (χ0v) is 20.0. The summed E-state index contributed by atoms with van der Waals surface area (Å²) in [5.74, 6) is 6.21. The Morgan fingerprint density at radius 3 is 2.39 bits per heavy atom. The molecule has 3 aromatic rings. The summed E-state index contributed by atoms with van der Waals surface area (Å²) < 4.78 is 10.4. The van der Waals surface area contributed by atoms with Crippen LogP contribution in [-0.2, 0) is 11.3 Å². The minimum atomic E-state index is -0.923. The molecule has 0 spiro atoms. The largest absolute Gasteiger partial charge is 0.464 e. The molecule has 1 aliphatic heterocycles. The van der Waals surface area contributed by atoms with Gasteiger partial charge in [0.15, 0.2) is 5.69 Å². The first-order chi connectivity index (χ1) is 17.3. The molecule has 1 atom stereocenters. The summed E-state index contributed by atoms with van der Waals surface area (Å²) in [6.45, 7) is 2.22. The average Bonchev–Trinajstić information content (AvgIpc) is 2.90. The average molecular weight is 491 g/mol. The fraction of sp³-hybridized carbons (Fsp3) is 0.200. The third-order valence-electron chi connectivity index (χ3n) is 5.56. The van der Waals surface area contributed by atoms with Gasteiger partial charge in [0.1, 0.15) is 5.75 Å². The summed E-state index contributed by atoms with van der Waals surface area (Å²) in [7, 11) is 2.66. The van der Waals surface area contributed by atoms with E-state index in [2.05, 4.69) is 15.0 Å². The Labute approximate surface area is 208 Å². The number of nitrogens with one attached hydrogen (secondary N) is 1. The summed E-state index contributed by atoms with van der Waals surface area (Å²) in [6, 6.07) is 18.2. The zero-order valence-electron chi connectivity index (χ0n) is 20.0. The molecule has 11 nitrogen and oxygen atoms in total. The summed E-state index contributed by atoms with van der Waals surface area (Å²) in [6.07, 6.45) is -0.923. The molecule has 0 bridgehead atoms. The Bertz CT molecular complexity index is 1260. The highest BCUT2D eigenvalue weighted by atomic mass is 16.5. The van der Waals surface area contributed by atoms with Crippen LogP contribution in [0, 0.1) is 6.92 Å². The molecule has 1 unspecified atom stereocenters. The molecule has 4 rings (SSSR count). The molecular weight excluding hydrogens is 464 g/mol. The van der Waals surface area contributed by atoms with Crippen molar-refractivity contribution in [1.29, 1.82) is 0 Å². The fourth-order valence-corrected chi connectivity index (χ4v) is 3.58. The molecule has 1 saturated heterocycles. The van der Waals surface area contributed by atoms with Crippen LogP contribution in [-0.4, -0.2) is 58.3 Å². The van der Waals surface area contributed by atoms with E-state index in [1.165, 1.54) is 25.1 Å². The Morgan fingerprint density at radius 1 is 1.03 bits per heavy atom. The summed E-state index contributed by atoms with van der Waals surface area (Å²) in [4.78, 5) is 43.7. The first kappa shape index (κ1) is 24.5. The number of esters is 1. The zero-order chi connectivity index (χ0) is 25.8. The second kappa shape index (κ2) is 10.3. The molecule has 3 N–H and O–H groups in total. The number of methoxy groups -OCH3 is 1. The van der Waals surface area contributed by atoms with Gasteiger partial charge in [-0.25, -0.2) is 35.1 Å². The third kappa shape index (κ3) is 5.20. The number of aromatic nitrogens is 1. The molecule has 36 heavy (non-hydrogen) atoms. The number of hydrogen-bond donors (Lipinski definition) is 2. The predicted molar refractivity (Wildman–Crippen MR) is 131 cm³/mol. The van der Waals surface area contributed by atoms with E-state index in [1.54, 1.807) is 36.4 Å². The van der Waals surface area contributed by atoms with E-state index in [-0.39, 0.29) is 18.1 Å². The van der Waals surface area contributed by atoms with Crippen molar-refractivity contribution in [1.82, 2.24) is 19.8 Å². The van der Waals surface area contributed by atoms with Gasteiger partial charge in [-0.1, -0.05) is 35.9 Å². The van der Waals surface area contributed by atoms with Crippen LogP contribution in [0.2, 0.25) is 0 Å². The van der Waals surface area contributed by atoms with Crippen molar-refractivity contribution < 1.29 is 23.9 Å². The molecule has 1 aromatic heterocycles. The standard InChI is InChI=1S/C25H26N6O5/c1-16-7-9-17(10-8-16)15-30-23(31(26)25(34)29(2)24(30)33)27-18-11-13-19(14-12-18)36-21-6-4-5-20(28-21)22(32)35-3/h4-14,23,27H,15,26H2,1-3H3. The lowest BCUT2D eigenvalue weighted by atomic mass is 10.1. The topological polar surface area (TPSA) is 130 Å². The normalized spacial score (nSPS) is 15.7. The number of aryl methyl sites for hydroxylation is 1. The molecule has 2 aromatic carbocycles. The van der Waals surface area contributed by atoms with E-state index in [4.69, 9.17) is 10.6 Å². The van der Waals surface area contributed by atoms with Gasteiger partial charge in [0.25, 0.3) is 0 Å². The van der Waals surface area contributed by atoms with Crippen LogP contribution in [0.15, 0.2) is 66.7 Å². The maximum Gasteiger partial charge on any atom is 0.356 e. The predicted octanol–water partition coefficient (Wildman–Crippen LogP) is 3.53. The van der Waals surface area contributed by atoms with Crippen LogP contribution < -0.4 is 15.9 Å². The highest BCUT2D eigenvalue weighted by molar-refractivity contribution is 5.95. The van der Waals surface area contributed by atoms with Gasteiger partial charge in [0.05, 0.1) is 13.7 Å². The molecule has 1 fully saturated rings. The van der Waals surface area contributed by atoms with Crippen LogP contribution in [0.5, 0.6) is 11.6 Å². The monoisotopic (exact) mass is 490 g/mol. The van der Waals surface area contributed by atoms with E-state index in [0.29, 0.717) is 11.4 Å². The lowest BCUT2D eigenvalue weighted by Crippen LogP contribution is -2.69. The molecule has 0 aliphatic carbocycles. The number of urea groups is 2. The number of nitrogens with zero attached hydrogens (tertiary/aromatic N) is 4. The highest BCUT2D eigenvalue weighted by Gasteiger charge is 2.41. The molecule has 0 radical (unpaired) electrons. The van der Waals surface area contributed by atoms with Crippen LogP contribution in [0.25, 0.3) is 0 Å². The number of carbonyl (C=O) groups is 3. The van der Waals surface area contributed by atoms with E-state index in [9.17, 15) is 14.4 Å². The SMILES string of the molecule is COC(=O)c1cccc(Oc2ccc(NC3N(N)C(=O)N(C)C(=O)N3Cc3ccc(C)cc3)cc2)n1. The van der Waals surface area contributed by atoms with Crippen molar-refractivity contribution in [3.63, 3.8) is 0 Å². The van der Waals surface area contributed by atoms with Crippen molar-refractivity contribution in [2.24, 2.45) is 5.84 Å². The minimum Gasteiger partial charge on any atom is -0.464 e. The maximum atomic E-state index is 13.0. The number of imide groups is 1. The number of nitrogens with two attached hydrogens (primary N) is 1. The third-order valence-corrected chi connectivity index (χ3v) is 5.56. The number of anilines is 1. The number of carbonyl (C=O) groups excluding carboxylic acids is 3. The van der Waals surface area contributed by atoms with E-state index >= 15 is 0 Å².